The van der Waals surface area contributed by atoms with E-state index >= 15 is 0 Å². The summed E-state index contributed by atoms with van der Waals surface area (Å²) in [5.74, 6) is 0. The van der Waals surface area contributed by atoms with E-state index in [0.29, 0.717) is 9.50 Å². The van der Waals surface area contributed by atoms with Crippen molar-refractivity contribution < 1.29 is 18.3 Å². The summed E-state index contributed by atoms with van der Waals surface area (Å²) in [4.78, 5) is 3.65. The molecule has 0 fully saturated rings. The molecule has 1 N–H and O–H groups in total. The van der Waals surface area contributed by atoms with E-state index in [1.54, 1.807) is 0 Å². The van der Waals surface area contributed by atoms with Crippen molar-refractivity contribution in [3.8, 4) is 0 Å². The average molecular weight is 367 g/mol. The molecule has 0 bridgehead atoms. The number of rotatable bonds is 2. The summed E-state index contributed by atoms with van der Waals surface area (Å²) in [5.41, 5.74) is -0.933. The van der Waals surface area contributed by atoms with Gasteiger partial charge in [0.1, 0.15) is 6.10 Å². The standard InChI is InChI=1S/C13H8BrClF3NO/c14-11-5-7(15)1-2-8(11)12(20)9-6-19-4-3-10(9)13(16,17)18/h1-6,12,20H. The zero-order valence-corrected chi connectivity index (χ0v) is 12.2. The quantitative estimate of drug-likeness (QED) is 0.843. The molecule has 20 heavy (non-hydrogen) atoms. The molecule has 1 aromatic carbocycles. The van der Waals surface area contributed by atoms with Crippen molar-refractivity contribution in [1.29, 1.82) is 0 Å². The molecule has 2 rings (SSSR count). The first-order valence-electron chi connectivity index (χ1n) is 5.45. The van der Waals surface area contributed by atoms with Crippen molar-refractivity contribution in [3.63, 3.8) is 0 Å². The number of hydrogen-bond acceptors (Lipinski definition) is 2. The van der Waals surface area contributed by atoms with E-state index in [9.17, 15) is 18.3 Å². The molecule has 0 saturated carbocycles. The molecule has 0 radical (unpaired) electrons. The van der Waals surface area contributed by atoms with Gasteiger partial charge in [-0.2, -0.15) is 13.2 Å². The molecular formula is C13H8BrClF3NO. The molecule has 0 aliphatic carbocycles. The molecule has 7 heteroatoms. The van der Waals surface area contributed by atoms with Crippen LogP contribution >= 0.6 is 27.5 Å². The van der Waals surface area contributed by atoms with Crippen LogP contribution in [-0.2, 0) is 6.18 Å². The van der Waals surface area contributed by atoms with E-state index in [4.69, 9.17) is 11.6 Å². The Morgan fingerprint density at radius 1 is 1.20 bits per heavy atom. The topological polar surface area (TPSA) is 33.1 Å². The molecule has 106 valence electrons. The van der Waals surface area contributed by atoms with Crippen LogP contribution in [0, 0.1) is 0 Å². The Hall–Kier alpha value is -1.11. The van der Waals surface area contributed by atoms with E-state index in [2.05, 4.69) is 20.9 Å². The molecule has 1 unspecified atom stereocenters. The number of pyridine rings is 1. The largest absolute Gasteiger partial charge is 0.416 e. The summed E-state index contributed by atoms with van der Waals surface area (Å²) in [6.45, 7) is 0. The highest BCUT2D eigenvalue weighted by molar-refractivity contribution is 9.10. The lowest BCUT2D eigenvalue weighted by Gasteiger charge is -2.18. The Kier molecular flexibility index (Phi) is 4.36. The Morgan fingerprint density at radius 3 is 2.50 bits per heavy atom. The second kappa shape index (κ2) is 5.71. The molecule has 0 spiro atoms. The Bertz CT molecular complexity index is 633. The summed E-state index contributed by atoms with van der Waals surface area (Å²) >= 11 is 8.94. The number of halogens is 5. The van der Waals surface area contributed by atoms with Crippen molar-refractivity contribution in [2.45, 2.75) is 12.3 Å². The third kappa shape index (κ3) is 3.13. The van der Waals surface area contributed by atoms with E-state index < -0.39 is 17.8 Å². The second-order valence-corrected chi connectivity index (χ2v) is 5.32. The first-order chi connectivity index (χ1) is 9.30. The SMILES string of the molecule is OC(c1ccc(Cl)cc1Br)c1cnccc1C(F)(F)F. The summed E-state index contributed by atoms with van der Waals surface area (Å²) in [6.07, 6.45) is -3.96. The van der Waals surface area contributed by atoms with Crippen LogP contribution in [0.3, 0.4) is 0 Å². The van der Waals surface area contributed by atoms with Gasteiger partial charge in [-0.25, -0.2) is 0 Å². The first-order valence-corrected chi connectivity index (χ1v) is 6.62. The minimum Gasteiger partial charge on any atom is -0.384 e. The smallest absolute Gasteiger partial charge is 0.384 e. The summed E-state index contributed by atoms with van der Waals surface area (Å²) in [5, 5.41) is 10.6. The van der Waals surface area contributed by atoms with Crippen LogP contribution in [0.4, 0.5) is 13.2 Å². The van der Waals surface area contributed by atoms with Crippen molar-refractivity contribution in [1.82, 2.24) is 4.98 Å². The van der Waals surface area contributed by atoms with Gasteiger partial charge in [0.05, 0.1) is 5.56 Å². The zero-order chi connectivity index (χ0) is 14.9. The molecule has 0 aliphatic heterocycles. The maximum Gasteiger partial charge on any atom is 0.416 e. The number of hydrogen-bond donors (Lipinski definition) is 1. The van der Waals surface area contributed by atoms with E-state index in [1.165, 1.54) is 18.2 Å². The first kappa shape index (κ1) is 15.3. The Morgan fingerprint density at radius 2 is 1.90 bits per heavy atom. The molecule has 0 aliphatic rings. The number of alkyl halides is 3. The van der Waals surface area contributed by atoms with Gasteiger partial charge in [-0.1, -0.05) is 33.6 Å². The Labute approximate surface area is 126 Å². The van der Waals surface area contributed by atoms with Crippen LogP contribution in [0.15, 0.2) is 41.1 Å². The number of benzene rings is 1. The predicted octanol–water partition coefficient (Wildman–Crippen LogP) is 4.60. The third-order valence-corrected chi connectivity index (χ3v) is 3.63. The summed E-state index contributed by atoms with van der Waals surface area (Å²) < 4.78 is 39.2. The summed E-state index contributed by atoms with van der Waals surface area (Å²) in [7, 11) is 0. The van der Waals surface area contributed by atoms with Gasteiger partial charge in [0.15, 0.2) is 0 Å². The van der Waals surface area contributed by atoms with Gasteiger partial charge in [-0.15, -0.1) is 0 Å². The molecule has 1 aromatic heterocycles. The summed E-state index contributed by atoms with van der Waals surface area (Å²) in [6, 6.07) is 5.30. The van der Waals surface area contributed by atoms with Gasteiger partial charge in [0.2, 0.25) is 0 Å². The maximum absolute atomic E-state index is 12.9. The number of aromatic nitrogens is 1. The van der Waals surface area contributed by atoms with E-state index in [-0.39, 0.29) is 11.1 Å². The maximum atomic E-state index is 12.9. The lowest BCUT2D eigenvalue weighted by molar-refractivity contribution is -0.139. The molecule has 1 heterocycles. The highest BCUT2D eigenvalue weighted by atomic mass is 79.9. The van der Waals surface area contributed by atoms with Crippen LogP contribution in [0.25, 0.3) is 0 Å². The average Bonchev–Trinajstić information content (AvgIpc) is 2.37. The second-order valence-electron chi connectivity index (χ2n) is 4.03. The number of aliphatic hydroxyl groups is 1. The Balaban J connectivity index is 2.51. The third-order valence-electron chi connectivity index (χ3n) is 2.71. The normalized spacial score (nSPS) is 13.3. The van der Waals surface area contributed by atoms with Gasteiger partial charge < -0.3 is 5.11 Å². The fourth-order valence-electron chi connectivity index (χ4n) is 1.77. The highest BCUT2D eigenvalue weighted by Gasteiger charge is 2.35. The number of nitrogens with zero attached hydrogens (tertiary/aromatic N) is 1. The molecule has 0 amide bonds. The minimum atomic E-state index is -4.56. The van der Waals surface area contributed by atoms with Crippen LogP contribution in [0.1, 0.15) is 22.8 Å². The van der Waals surface area contributed by atoms with Crippen molar-refractivity contribution in [2.24, 2.45) is 0 Å². The monoisotopic (exact) mass is 365 g/mol. The van der Waals surface area contributed by atoms with Crippen LogP contribution in [-0.4, -0.2) is 10.1 Å². The minimum absolute atomic E-state index is 0.285. The van der Waals surface area contributed by atoms with Gasteiger partial charge in [0.25, 0.3) is 0 Å². The van der Waals surface area contributed by atoms with Gasteiger partial charge in [0, 0.05) is 27.5 Å². The van der Waals surface area contributed by atoms with Crippen LogP contribution < -0.4 is 0 Å². The van der Waals surface area contributed by atoms with Crippen molar-refractivity contribution >= 4 is 27.5 Å². The van der Waals surface area contributed by atoms with Crippen LogP contribution in [0.5, 0.6) is 0 Å². The molecule has 2 nitrogen and oxygen atoms in total. The predicted molar refractivity (Wildman–Crippen MR) is 72.5 cm³/mol. The number of aliphatic hydroxyl groups excluding tert-OH is 1. The molecule has 0 saturated heterocycles. The lowest BCUT2D eigenvalue weighted by Crippen LogP contribution is -2.13. The fraction of sp³-hybridized carbons (Fsp3) is 0.154. The lowest BCUT2D eigenvalue weighted by atomic mass is 9.98. The van der Waals surface area contributed by atoms with Crippen molar-refractivity contribution in [3.05, 3.63) is 62.8 Å². The van der Waals surface area contributed by atoms with E-state index in [0.717, 1.165) is 18.5 Å². The molecular weight excluding hydrogens is 359 g/mol. The highest BCUT2D eigenvalue weighted by Crippen LogP contribution is 2.38. The van der Waals surface area contributed by atoms with Gasteiger partial charge >= 0.3 is 6.18 Å². The zero-order valence-electron chi connectivity index (χ0n) is 9.83. The van der Waals surface area contributed by atoms with Crippen molar-refractivity contribution in [2.75, 3.05) is 0 Å². The van der Waals surface area contributed by atoms with Gasteiger partial charge in [-0.05, 0) is 23.8 Å². The molecule has 1 atom stereocenters. The van der Waals surface area contributed by atoms with Gasteiger partial charge in [-0.3, -0.25) is 4.98 Å². The molecule has 2 aromatic rings. The van der Waals surface area contributed by atoms with E-state index in [1.807, 2.05) is 0 Å². The fourth-order valence-corrected chi connectivity index (χ4v) is 2.67. The van der Waals surface area contributed by atoms with Crippen LogP contribution in [0.2, 0.25) is 5.02 Å².